The van der Waals surface area contributed by atoms with Crippen LogP contribution in [-0.2, 0) is 19.8 Å². The summed E-state index contributed by atoms with van der Waals surface area (Å²) in [4.78, 5) is 29.3. The van der Waals surface area contributed by atoms with Crippen LogP contribution in [-0.4, -0.2) is 49.0 Å². The van der Waals surface area contributed by atoms with Crippen LogP contribution in [0.2, 0.25) is 0 Å². The van der Waals surface area contributed by atoms with Gasteiger partial charge in [-0.3, -0.25) is 15.0 Å². The first kappa shape index (κ1) is 24.0. The van der Waals surface area contributed by atoms with Crippen molar-refractivity contribution in [3.05, 3.63) is 54.1 Å². The smallest absolute Gasteiger partial charge is 0.412 e. The number of benzene rings is 2. The number of hydrogen-bond donors (Lipinski definition) is 2. The van der Waals surface area contributed by atoms with Gasteiger partial charge in [-0.1, -0.05) is 12.1 Å². The largest absolute Gasteiger partial charge is 0.444 e. The van der Waals surface area contributed by atoms with Crippen molar-refractivity contribution in [2.75, 3.05) is 41.4 Å². The lowest BCUT2D eigenvalue weighted by Crippen LogP contribution is -2.41. The first-order valence-electron chi connectivity index (χ1n) is 11.3. The van der Waals surface area contributed by atoms with Crippen LogP contribution in [0.4, 0.5) is 21.9 Å². The van der Waals surface area contributed by atoms with E-state index in [2.05, 4.69) is 15.5 Å². The first-order chi connectivity index (χ1) is 16.1. The quantitative estimate of drug-likeness (QED) is 0.637. The first-order valence-corrected chi connectivity index (χ1v) is 11.7. The van der Waals surface area contributed by atoms with Crippen molar-refractivity contribution < 1.29 is 19.1 Å². The molecule has 8 nitrogen and oxygen atoms in total. The second kappa shape index (κ2) is 9.23. The molecule has 34 heavy (non-hydrogen) atoms. The number of carbonyl (C=O) groups is 2. The molecule has 0 spiro atoms. The highest BCUT2D eigenvalue weighted by molar-refractivity contribution is 7.80. The monoisotopic (exact) mass is 482 g/mol. The molecule has 2 fully saturated rings. The second-order valence-corrected chi connectivity index (χ2v) is 9.90. The maximum atomic E-state index is 13.5. The Morgan fingerprint density at radius 1 is 1.06 bits per heavy atom. The third-order valence-electron chi connectivity index (χ3n) is 5.78. The number of nitrogens with zero attached hydrogens (tertiary/aromatic N) is 2. The van der Waals surface area contributed by atoms with Gasteiger partial charge in [0.1, 0.15) is 11.1 Å². The van der Waals surface area contributed by atoms with E-state index in [1.807, 2.05) is 31.2 Å². The molecule has 0 radical (unpaired) electrons. The molecule has 0 bridgehead atoms. The van der Waals surface area contributed by atoms with E-state index in [0.717, 1.165) is 37.6 Å². The third kappa shape index (κ3) is 5.00. The zero-order chi connectivity index (χ0) is 24.5. The van der Waals surface area contributed by atoms with Crippen molar-refractivity contribution in [2.45, 2.75) is 38.8 Å². The average molecular weight is 483 g/mol. The molecule has 2 aliphatic rings. The van der Waals surface area contributed by atoms with Crippen molar-refractivity contribution in [1.82, 2.24) is 5.32 Å². The number of hydrogen-bond acceptors (Lipinski definition) is 6. The molecule has 2 aromatic rings. The van der Waals surface area contributed by atoms with Gasteiger partial charge in [0.05, 0.1) is 18.9 Å². The van der Waals surface area contributed by atoms with Gasteiger partial charge >= 0.3 is 6.09 Å². The summed E-state index contributed by atoms with van der Waals surface area (Å²) >= 11 is 5.52. The zero-order valence-corrected chi connectivity index (χ0v) is 20.7. The third-order valence-corrected chi connectivity index (χ3v) is 6.07. The van der Waals surface area contributed by atoms with E-state index in [4.69, 9.17) is 21.7 Å². The topological polar surface area (TPSA) is 83.1 Å². The van der Waals surface area contributed by atoms with Gasteiger partial charge in [0.25, 0.3) is 5.91 Å². The Kier molecular flexibility index (Phi) is 6.51. The summed E-state index contributed by atoms with van der Waals surface area (Å²) in [6.45, 7) is 10.4. The van der Waals surface area contributed by atoms with Gasteiger partial charge in [0.15, 0.2) is 5.11 Å². The Balaban J connectivity index is 1.48. The highest BCUT2D eigenvalue weighted by Gasteiger charge is 2.47. The molecule has 0 aromatic heterocycles. The lowest BCUT2D eigenvalue weighted by Gasteiger charge is -2.29. The van der Waals surface area contributed by atoms with Gasteiger partial charge in [-0.25, -0.2) is 4.79 Å². The lowest BCUT2D eigenvalue weighted by molar-refractivity contribution is -0.121. The molecule has 2 aromatic carbocycles. The minimum absolute atomic E-state index is 0.163. The summed E-state index contributed by atoms with van der Waals surface area (Å²) in [6, 6.07) is 14.9. The summed E-state index contributed by atoms with van der Waals surface area (Å²) in [5.74, 6) is -0.163. The molecule has 1 atom stereocenters. The number of amides is 2. The maximum absolute atomic E-state index is 13.5. The Hall–Kier alpha value is -3.17. The SMILES string of the molecule is CC(C)(C)OC(=O)Nc1ccc(N2C(=O)C(C)(c3ccc(N4CCOCC4)cc3)NC2=S)cc1. The zero-order valence-electron chi connectivity index (χ0n) is 19.9. The van der Waals surface area contributed by atoms with Crippen LogP contribution in [0.3, 0.4) is 0 Å². The van der Waals surface area contributed by atoms with E-state index in [9.17, 15) is 9.59 Å². The molecule has 4 rings (SSSR count). The molecule has 2 saturated heterocycles. The van der Waals surface area contributed by atoms with Crippen LogP contribution in [0.15, 0.2) is 48.5 Å². The molecule has 2 amide bonds. The Morgan fingerprint density at radius 2 is 1.65 bits per heavy atom. The standard InChI is InChI=1S/C25H30N4O4S/c1-24(2,3)33-23(31)26-18-7-11-20(12-8-18)29-21(30)25(4,27-22(29)34)17-5-9-19(10-6-17)28-13-15-32-16-14-28/h5-12H,13-16H2,1-4H3,(H,26,31)(H,27,34). The number of thiocarbonyl (C=S) groups is 1. The van der Waals surface area contributed by atoms with Gasteiger partial charge in [-0.05, 0) is 81.9 Å². The summed E-state index contributed by atoms with van der Waals surface area (Å²) in [7, 11) is 0. The Morgan fingerprint density at radius 3 is 2.24 bits per heavy atom. The van der Waals surface area contributed by atoms with E-state index < -0.39 is 17.2 Å². The van der Waals surface area contributed by atoms with E-state index >= 15 is 0 Å². The Labute approximate surface area is 205 Å². The minimum Gasteiger partial charge on any atom is -0.444 e. The maximum Gasteiger partial charge on any atom is 0.412 e. The van der Waals surface area contributed by atoms with E-state index in [1.165, 1.54) is 4.90 Å². The van der Waals surface area contributed by atoms with Crippen molar-refractivity contribution in [3.8, 4) is 0 Å². The summed E-state index contributed by atoms with van der Waals surface area (Å²) < 4.78 is 10.7. The van der Waals surface area contributed by atoms with Crippen molar-refractivity contribution >= 4 is 46.4 Å². The van der Waals surface area contributed by atoms with E-state index in [0.29, 0.717) is 16.5 Å². The second-order valence-electron chi connectivity index (χ2n) is 9.52. The average Bonchev–Trinajstić information content (AvgIpc) is 3.03. The minimum atomic E-state index is -0.978. The molecule has 180 valence electrons. The van der Waals surface area contributed by atoms with Crippen LogP contribution >= 0.6 is 12.2 Å². The number of morpholine rings is 1. The van der Waals surface area contributed by atoms with Crippen LogP contribution in [0.5, 0.6) is 0 Å². The van der Waals surface area contributed by atoms with Gasteiger partial charge in [-0.2, -0.15) is 0 Å². The number of ether oxygens (including phenoxy) is 2. The molecule has 2 heterocycles. The lowest BCUT2D eigenvalue weighted by atomic mass is 9.91. The molecule has 9 heteroatoms. The number of rotatable bonds is 4. The fourth-order valence-corrected chi connectivity index (χ4v) is 4.40. The molecule has 0 saturated carbocycles. The van der Waals surface area contributed by atoms with Gasteiger partial charge in [0.2, 0.25) is 0 Å². The fourth-order valence-electron chi connectivity index (χ4n) is 4.01. The number of anilines is 3. The predicted molar refractivity (Wildman–Crippen MR) is 136 cm³/mol. The van der Waals surface area contributed by atoms with Crippen LogP contribution in [0.1, 0.15) is 33.3 Å². The molecular formula is C25H30N4O4S. The van der Waals surface area contributed by atoms with Crippen molar-refractivity contribution in [2.24, 2.45) is 0 Å². The van der Waals surface area contributed by atoms with Crippen molar-refractivity contribution in [1.29, 1.82) is 0 Å². The Bertz CT molecular complexity index is 1080. The predicted octanol–water partition coefficient (Wildman–Crippen LogP) is 4.01. The van der Waals surface area contributed by atoms with Gasteiger partial charge in [-0.15, -0.1) is 0 Å². The number of carbonyl (C=O) groups excluding carboxylic acids is 2. The molecule has 0 aliphatic carbocycles. The summed E-state index contributed by atoms with van der Waals surface area (Å²) in [6.07, 6.45) is -0.539. The highest BCUT2D eigenvalue weighted by Crippen LogP contribution is 2.33. The molecule has 1 unspecified atom stereocenters. The fraction of sp³-hybridized carbons (Fsp3) is 0.400. The normalized spacial score (nSPS) is 20.8. The van der Waals surface area contributed by atoms with Gasteiger partial charge in [0, 0.05) is 24.5 Å². The van der Waals surface area contributed by atoms with E-state index in [-0.39, 0.29) is 5.91 Å². The van der Waals surface area contributed by atoms with Crippen LogP contribution in [0, 0.1) is 0 Å². The summed E-state index contributed by atoms with van der Waals surface area (Å²) in [5, 5.41) is 6.22. The van der Waals surface area contributed by atoms with Crippen LogP contribution < -0.4 is 20.4 Å². The molecule has 2 aliphatic heterocycles. The van der Waals surface area contributed by atoms with Crippen molar-refractivity contribution in [3.63, 3.8) is 0 Å². The summed E-state index contributed by atoms with van der Waals surface area (Å²) in [5.41, 5.74) is 1.55. The molecule has 2 N–H and O–H groups in total. The number of nitrogens with one attached hydrogen (secondary N) is 2. The van der Waals surface area contributed by atoms with E-state index in [1.54, 1.807) is 45.0 Å². The molecular weight excluding hydrogens is 452 g/mol. The highest BCUT2D eigenvalue weighted by atomic mass is 32.1. The van der Waals surface area contributed by atoms with Gasteiger partial charge < -0.3 is 19.7 Å². The van der Waals surface area contributed by atoms with Crippen LogP contribution in [0.25, 0.3) is 0 Å².